The van der Waals surface area contributed by atoms with Crippen LogP contribution in [0, 0.1) is 0 Å². The van der Waals surface area contributed by atoms with E-state index in [1.807, 2.05) is 0 Å². The molecule has 0 aliphatic rings. The van der Waals surface area contributed by atoms with Crippen LogP contribution in [0.3, 0.4) is 0 Å². The Balaban J connectivity index is 0. The van der Waals surface area contributed by atoms with Crippen LogP contribution in [0.25, 0.3) is 0 Å². The highest BCUT2D eigenvalue weighted by molar-refractivity contribution is 7.81. The molecule has 202 valence electrons. The Morgan fingerprint density at radius 2 is 0.636 bits per heavy atom. The zero-order valence-corrected chi connectivity index (χ0v) is 22.6. The molecule has 0 aliphatic carbocycles. The lowest BCUT2D eigenvalue weighted by molar-refractivity contribution is 0.260. The van der Waals surface area contributed by atoms with E-state index in [2.05, 4.69) is 22.2 Å². The number of rotatable bonds is 23. The Morgan fingerprint density at radius 3 is 0.848 bits per heavy atom. The fourth-order valence-electron chi connectivity index (χ4n) is 3.33. The van der Waals surface area contributed by atoms with Crippen LogP contribution < -0.4 is 0 Å². The third kappa shape index (κ3) is 39.3. The maximum atomic E-state index is 10.2. The van der Waals surface area contributed by atoms with Gasteiger partial charge in [0.2, 0.25) is 0 Å². The van der Waals surface area contributed by atoms with Gasteiger partial charge >= 0.3 is 20.8 Å². The molecule has 0 spiro atoms. The Morgan fingerprint density at radius 1 is 0.424 bits per heavy atom. The first-order valence-corrected chi connectivity index (χ1v) is 15.6. The fraction of sp³-hybridized carbons (Fsp3) is 1.00. The first kappa shape index (κ1) is 34.9. The summed E-state index contributed by atoms with van der Waals surface area (Å²) in [5, 5.41) is 0. The maximum absolute atomic E-state index is 10.2. The van der Waals surface area contributed by atoms with Crippen molar-refractivity contribution in [3.63, 3.8) is 0 Å². The van der Waals surface area contributed by atoms with Crippen LogP contribution in [-0.2, 0) is 29.2 Å². The van der Waals surface area contributed by atoms with Crippen molar-refractivity contribution in [2.45, 2.75) is 136 Å². The van der Waals surface area contributed by atoms with E-state index in [4.69, 9.17) is 9.11 Å². The molecule has 0 fully saturated rings. The second-order valence-corrected chi connectivity index (χ2v) is 10.7. The van der Waals surface area contributed by atoms with E-state index in [0.717, 1.165) is 25.7 Å². The molecule has 0 aliphatic heterocycles. The van der Waals surface area contributed by atoms with Gasteiger partial charge in [0.25, 0.3) is 0 Å². The third-order valence-corrected chi connectivity index (χ3v) is 6.14. The van der Waals surface area contributed by atoms with Crippen molar-refractivity contribution in [2.24, 2.45) is 0 Å². The first-order valence-electron chi connectivity index (χ1n) is 12.9. The number of unbranched alkanes of at least 4 members (excludes halogenated alkanes) is 17. The molecule has 0 rings (SSSR count). The van der Waals surface area contributed by atoms with Crippen molar-refractivity contribution >= 4 is 20.8 Å². The van der Waals surface area contributed by atoms with Crippen molar-refractivity contribution in [2.75, 3.05) is 13.2 Å². The van der Waals surface area contributed by atoms with E-state index in [0.29, 0.717) is 12.8 Å². The summed E-state index contributed by atoms with van der Waals surface area (Å²) in [5.74, 6) is 0. The van der Waals surface area contributed by atoms with Gasteiger partial charge in [0.05, 0.1) is 13.2 Å². The molecule has 8 nitrogen and oxygen atoms in total. The van der Waals surface area contributed by atoms with Gasteiger partial charge in [0, 0.05) is 0 Å². The van der Waals surface area contributed by atoms with E-state index in [1.165, 1.54) is 83.5 Å². The molecule has 0 atom stereocenters. The molecular formula is C23H50O8S2. The minimum Gasteiger partial charge on any atom is -0.264 e. The Kier molecular flexibility index (Phi) is 26.3. The summed E-state index contributed by atoms with van der Waals surface area (Å²) in [6.07, 6.45) is 22.3. The van der Waals surface area contributed by atoms with Gasteiger partial charge in [-0.2, -0.15) is 16.8 Å². The fourth-order valence-corrected chi connectivity index (χ4v) is 3.99. The van der Waals surface area contributed by atoms with Crippen molar-refractivity contribution in [3.05, 3.63) is 0 Å². The summed E-state index contributed by atoms with van der Waals surface area (Å²) in [6, 6.07) is 0. The topological polar surface area (TPSA) is 127 Å². The van der Waals surface area contributed by atoms with Crippen molar-refractivity contribution in [1.29, 1.82) is 0 Å². The average Bonchev–Trinajstić information content (AvgIpc) is 2.72. The van der Waals surface area contributed by atoms with Crippen LogP contribution in [0.15, 0.2) is 0 Å². The normalized spacial score (nSPS) is 11.9. The predicted octanol–water partition coefficient (Wildman–Crippen LogP) is 7.06. The van der Waals surface area contributed by atoms with E-state index in [9.17, 15) is 16.8 Å². The van der Waals surface area contributed by atoms with E-state index in [1.54, 1.807) is 0 Å². The van der Waals surface area contributed by atoms with Gasteiger partial charge in [-0.05, 0) is 12.8 Å². The molecule has 0 amide bonds. The van der Waals surface area contributed by atoms with Crippen molar-refractivity contribution in [3.8, 4) is 0 Å². The van der Waals surface area contributed by atoms with Gasteiger partial charge in [-0.25, -0.2) is 8.37 Å². The monoisotopic (exact) mass is 518 g/mol. The number of hydrogen-bond acceptors (Lipinski definition) is 6. The molecule has 0 unspecified atom stereocenters. The Hall–Kier alpha value is -0.260. The summed E-state index contributed by atoms with van der Waals surface area (Å²) >= 11 is 0. The van der Waals surface area contributed by atoms with Crippen molar-refractivity contribution < 1.29 is 34.3 Å². The highest BCUT2D eigenvalue weighted by Gasteiger charge is 2.03. The quantitative estimate of drug-likeness (QED) is 0.109. The second-order valence-electron chi connectivity index (χ2n) is 8.51. The van der Waals surface area contributed by atoms with Crippen molar-refractivity contribution in [1.82, 2.24) is 0 Å². The predicted molar refractivity (Wildman–Crippen MR) is 134 cm³/mol. The summed E-state index contributed by atoms with van der Waals surface area (Å²) in [7, 11) is -8.47. The lowest BCUT2D eigenvalue weighted by Gasteiger charge is -2.02. The Bertz CT molecular complexity index is 592. The molecule has 0 aromatic rings. The van der Waals surface area contributed by atoms with Crippen LogP contribution in [0.2, 0.25) is 0 Å². The number of hydrogen-bond donors (Lipinski definition) is 2. The summed E-state index contributed by atoms with van der Waals surface area (Å²) < 4.78 is 65.9. The van der Waals surface area contributed by atoms with Crippen LogP contribution in [-0.4, -0.2) is 39.2 Å². The molecule has 0 saturated heterocycles. The third-order valence-electron chi connectivity index (χ3n) is 5.21. The smallest absolute Gasteiger partial charge is 0.264 e. The van der Waals surface area contributed by atoms with Crippen LogP contribution in [0.1, 0.15) is 136 Å². The molecule has 0 bridgehead atoms. The highest BCUT2D eigenvalue weighted by Crippen LogP contribution is 2.11. The molecule has 0 heterocycles. The summed E-state index contributed by atoms with van der Waals surface area (Å²) in [5.41, 5.74) is 0. The van der Waals surface area contributed by atoms with Gasteiger partial charge in [0.1, 0.15) is 0 Å². The second kappa shape index (κ2) is 24.9. The minimum absolute atomic E-state index is 0.0919. The van der Waals surface area contributed by atoms with Crippen LogP contribution in [0.4, 0.5) is 0 Å². The lowest BCUT2D eigenvalue weighted by Crippen LogP contribution is -2.04. The Labute approximate surface area is 204 Å². The maximum Gasteiger partial charge on any atom is 0.397 e. The zero-order valence-electron chi connectivity index (χ0n) is 21.0. The highest BCUT2D eigenvalue weighted by atomic mass is 32.3. The van der Waals surface area contributed by atoms with Gasteiger partial charge in [-0.15, -0.1) is 0 Å². The van der Waals surface area contributed by atoms with Crippen LogP contribution >= 0.6 is 0 Å². The van der Waals surface area contributed by atoms with E-state index < -0.39 is 20.8 Å². The van der Waals surface area contributed by atoms with Gasteiger partial charge < -0.3 is 0 Å². The largest absolute Gasteiger partial charge is 0.397 e. The SMILES string of the molecule is CCCCCCCCCCCCOS(=O)(=O)O.CCCCCCCCCCCOS(=O)(=O)O. The standard InChI is InChI=1S/C12H26O4S.C11H24O4S/c1-2-3-4-5-6-7-8-9-10-11-12-16-17(13,14)15;1-2-3-4-5-6-7-8-9-10-11-15-16(12,13)14/h2-12H2,1H3,(H,13,14,15);2-11H2,1H3,(H,12,13,14). The average molecular weight is 519 g/mol. The molecule has 2 N–H and O–H groups in total. The zero-order chi connectivity index (χ0) is 25.3. The molecule has 10 heteroatoms. The molecular weight excluding hydrogens is 468 g/mol. The molecule has 0 saturated carbocycles. The van der Waals surface area contributed by atoms with Gasteiger partial charge in [-0.1, -0.05) is 123 Å². The van der Waals surface area contributed by atoms with Gasteiger partial charge in [-0.3, -0.25) is 9.11 Å². The summed E-state index contributed by atoms with van der Waals surface area (Å²) in [6.45, 7) is 4.61. The first-order chi connectivity index (χ1) is 15.6. The van der Waals surface area contributed by atoms with E-state index >= 15 is 0 Å². The lowest BCUT2D eigenvalue weighted by atomic mass is 10.1. The summed E-state index contributed by atoms with van der Waals surface area (Å²) in [4.78, 5) is 0. The van der Waals surface area contributed by atoms with Gasteiger partial charge in [0.15, 0.2) is 0 Å². The van der Waals surface area contributed by atoms with E-state index in [-0.39, 0.29) is 13.2 Å². The molecule has 0 radical (unpaired) electrons. The molecule has 0 aromatic heterocycles. The molecule has 0 aromatic carbocycles. The van der Waals surface area contributed by atoms with Crippen LogP contribution in [0.5, 0.6) is 0 Å². The minimum atomic E-state index is -4.23. The molecule has 33 heavy (non-hydrogen) atoms.